The maximum atomic E-state index is 10.9. The van der Waals surface area contributed by atoms with E-state index in [2.05, 4.69) is 53.7 Å². The summed E-state index contributed by atoms with van der Waals surface area (Å²) >= 11 is 0. The van der Waals surface area contributed by atoms with Gasteiger partial charge in [-0.3, -0.25) is 0 Å². The quantitative estimate of drug-likeness (QED) is 0.735. The van der Waals surface area contributed by atoms with E-state index in [0.29, 0.717) is 5.75 Å². The summed E-state index contributed by atoms with van der Waals surface area (Å²) in [6.07, 6.45) is 5.38. The molecule has 1 saturated carbocycles. The summed E-state index contributed by atoms with van der Waals surface area (Å²) in [5.74, 6) is 2.17. The van der Waals surface area contributed by atoms with E-state index in [1.54, 1.807) is 0 Å². The number of phenolic OH excluding ortho intramolecular Hbond substituents is 1. The molecule has 2 aliphatic rings. The third-order valence-corrected chi connectivity index (χ3v) is 5.72. The lowest BCUT2D eigenvalue weighted by atomic mass is 9.77. The van der Waals surface area contributed by atoms with Gasteiger partial charge in [0.1, 0.15) is 5.75 Å². The maximum absolute atomic E-state index is 10.9. The molecule has 0 spiro atoms. The van der Waals surface area contributed by atoms with Crippen LogP contribution in [0.2, 0.25) is 0 Å². The molecule has 2 atom stereocenters. The number of hydrogen-bond acceptors (Lipinski definition) is 2. The highest BCUT2D eigenvalue weighted by molar-refractivity contribution is 5.50. The van der Waals surface area contributed by atoms with Crippen molar-refractivity contribution in [1.29, 1.82) is 0 Å². The molecular weight excluding hydrogens is 296 g/mol. The van der Waals surface area contributed by atoms with Crippen LogP contribution in [0.5, 0.6) is 5.75 Å². The standard InChI is InChI=1S/C22H34O2/c1-21(2,3)17-11-16(12-18(20(17)23)22(4,5)6)19-10-9-15(13-24-19)14-7-8-14/h11-12,14-15,19,23H,7-10,13H2,1-6H3. The summed E-state index contributed by atoms with van der Waals surface area (Å²) in [7, 11) is 0. The number of ether oxygens (including phenoxy) is 1. The Morgan fingerprint density at radius 1 is 0.833 bits per heavy atom. The molecule has 1 heterocycles. The second-order valence-corrected chi connectivity index (χ2v) is 9.96. The Morgan fingerprint density at radius 3 is 1.71 bits per heavy atom. The van der Waals surface area contributed by atoms with E-state index >= 15 is 0 Å². The van der Waals surface area contributed by atoms with E-state index in [4.69, 9.17) is 4.74 Å². The predicted octanol–water partition coefficient (Wildman–Crippen LogP) is 5.86. The Hall–Kier alpha value is -1.02. The zero-order valence-corrected chi connectivity index (χ0v) is 16.3. The summed E-state index contributed by atoms with van der Waals surface area (Å²) in [5, 5.41) is 10.9. The zero-order valence-electron chi connectivity index (χ0n) is 16.3. The molecule has 2 fully saturated rings. The maximum Gasteiger partial charge on any atom is 0.123 e. The van der Waals surface area contributed by atoms with Crippen LogP contribution in [-0.4, -0.2) is 11.7 Å². The Kier molecular flexibility index (Phi) is 4.49. The molecule has 1 aromatic rings. The average Bonchev–Trinajstić information content (AvgIpc) is 3.30. The largest absolute Gasteiger partial charge is 0.507 e. The second kappa shape index (κ2) is 6.05. The van der Waals surface area contributed by atoms with Crippen LogP contribution in [0.4, 0.5) is 0 Å². The predicted molar refractivity (Wildman–Crippen MR) is 99.6 cm³/mol. The first-order chi connectivity index (χ1) is 11.1. The van der Waals surface area contributed by atoms with Crippen molar-refractivity contribution in [2.45, 2.75) is 84.2 Å². The second-order valence-electron chi connectivity index (χ2n) is 9.96. The van der Waals surface area contributed by atoms with E-state index < -0.39 is 0 Å². The van der Waals surface area contributed by atoms with Crippen LogP contribution >= 0.6 is 0 Å². The van der Waals surface area contributed by atoms with Crippen LogP contribution in [0.3, 0.4) is 0 Å². The number of benzene rings is 1. The molecule has 24 heavy (non-hydrogen) atoms. The Balaban J connectivity index is 1.92. The first kappa shape index (κ1) is 17.8. The fourth-order valence-electron chi connectivity index (χ4n) is 3.96. The zero-order chi connectivity index (χ0) is 17.7. The van der Waals surface area contributed by atoms with Crippen molar-refractivity contribution in [2.24, 2.45) is 11.8 Å². The van der Waals surface area contributed by atoms with Gasteiger partial charge >= 0.3 is 0 Å². The fourth-order valence-corrected chi connectivity index (χ4v) is 3.96. The number of phenols is 1. The lowest BCUT2D eigenvalue weighted by molar-refractivity contribution is -0.0232. The van der Waals surface area contributed by atoms with Gasteiger partial charge in [0.25, 0.3) is 0 Å². The van der Waals surface area contributed by atoms with E-state index in [-0.39, 0.29) is 16.9 Å². The van der Waals surface area contributed by atoms with Gasteiger partial charge in [-0.25, -0.2) is 0 Å². The number of aromatic hydroxyl groups is 1. The van der Waals surface area contributed by atoms with E-state index in [1.807, 2.05) is 0 Å². The molecule has 1 aromatic carbocycles. The molecule has 0 bridgehead atoms. The van der Waals surface area contributed by atoms with Crippen LogP contribution in [0.15, 0.2) is 12.1 Å². The summed E-state index contributed by atoms with van der Waals surface area (Å²) in [4.78, 5) is 0. The molecule has 0 radical (unpaired) electrons. The van der Waals surface area contributed by atoms with E-state index in [0.717, 1.165) is 36.0 Å². The molecule has 0 amide bonds. The Bertz CT molecular complexity index is 556. The molecule has 1 aliphatic carbocycles. The Labute approximate surface area is 147 Å². The summed E-state index contributed by atoms with van der Waals surface area (Å²) < 4.78 is 6.27. The van der Waals surface area contributed by atoms with Gasteiger partial charge in [0.2, 0.25) is 0 Å². The third kappa shape index (κ3) is 3.64. The van der Waals surface area contributed by atoms with Crippen molar-refractivity contribution in [3.05, 3.63) is 28.8 Å². The minimum atomic E-state index is -0.0781. The van der Waals surface area contributed by atoms with Gasteiger partial charge in [-0.1, -0.05) is 41.5 Å². The van der Waals surface area contributed by atoms with E-state index in [9.17, 15) is 5.11 Å². The normalized spacial score (nSPS) is 25.8. The Morgan fingerprint density at radius 2 is 1.33 bits per heavy atom. The molecule has 1 aliphatic heterocycles. The van der Waals surface area contributed by atoms with Crippen LogP contribution in [-0.2, 0) is 15.6 Å². The molecule has 1 N–H and O–H groups in total. The molecule has 1 saturated heterocycles. The topological polar surface area (TPSA) is 29.5 Å². The third-order valence-electron chi connectivity index (χ3n) is 5.72. The highest BCUT2D eigenvalue weighted by Gasteiger charge is 2.36. The van der Waals surface area contributed by atoms with Gasteiger partial charge in [0, 0.05) is 0 Å². The summed E-state index contributed by atoms with van der Waals surface area (Å²) in [5.41, 5.74) is 3.17. The fraction of sp³-hybridized carbons (Fsp3) is 0.727. The van der Waals surface area contributed by atoms with Crippen LogP contribution < -0.4 is 0 Å². The molecule has 2 unspecified atom stereocenters. The average molecular weight is 331 g/mol. The number of hydrogen-bond donors (Lipinski definition) is 1. The van der Waals surface area contributed by atoms with Gasteiger partial charge in [-0.2, -0.15) is 0 Å². The van der Waals surface area contributed by atoms with Gasteiger partial charge < -0.3 is 9.84 Å². The molecule has 134 valence electrons. The van der Waals surface area contributed by atoms with E-state index in [1.165, 1.54) is 24.8 Å². The molecule has 0 aromatic heterocycles. The van der Waals surface area contributed by atoms with Crippen molar-refractivity contribution in [2.75, 3.05) is 6.61 Å². The van der Waals surface area contributed by atoms with Gasteiger partial charge in [-0.15, -0.1) is 0 Å². The lowest BCUT2D eigenvalue weighted by Gasteiger charge is -2.33. The van der Waals surface area contributed by atoms with Crippen molar-refractivity contribution in [1.82, 2.24) is 0 Å². The van der Waals surface area contributed by atoms with Crippen molar-refractivity contribution in [3.63, 3.8) is 0 Å². The first-order valence-electron chi connectivity index (χ1n) is 9.57. The SMILES string of the molecule is CC(C)(C)c1cc(C2CCC(C3CC3)CO2)cc(C(C)(C)C)c1O. The van der Waals surface area contributed by atoms with Gasteiger partial charge in [-0.05, 0) is 77.2 Å². The van der Waals surface area contributed by atoms with Crippen molar-refractivity contribution in [3.8, 4) is 5.75 Å². The van der Waals surface area contributed by atoms with Crippen molar-refractivity contribution < 1.29 is 9.84 Å². The summed E-state index contributed by atoms with van der Waals surface area (Å²) in [6, 6.07) is 4.37. The molecule has 3 rings (SSSR count). The highest BCUT2D eigenvalue weighted by atomic mass is 16.5. The first-order valence-corrected chi connectivity index (χ1v) is 9.57. The lowest BCUT2D eigenvalue weighted by Crippen LogP contribution is -2.24. The van der Waals surface area contributed by atoms with Gasteiger partial charge in [0.05, 0.1) is 12.7 Å². The minimum absolute atomic E-state index is 0.0781. The highest BCUT2D eigenvalue weighted by Crippen LogP contribution is 2.46. The summed E-state index contributed by atoms with van der Waals surface area (Å²) in [6.45, 7) is 13.9. The molecule has 2 heteroatoms. The monoisotopic (exact) mass is 330 g/mol. The molecule has 2 nitrogen and oxygen atoms in total. The molecular formula is C22H34O2. The van der Waals surface area contributed by atoms with Crippen LogP contribution in [0, 0.1) is 11.8 Å². The smallest absolute Gasteiger partial charge is 0.123 e. The number of rotatable bonds is 2. The van der Waals surface area contributed by atoms with Gasteiger partial charge in [0.15, 0.2) is 0 Å². The minimum Gasteiger partial charge on any atom is -0.507 e. The van der Waals surface area contributed by atoms with Crippen molar-refractivity contribution >= 4 is 0 Å². The van der Waals surface area contributed by atoms with Crippen LogP contribution in [0.25, 0.3) is 0 Å². The van der Waals surface area contributed by atoms with Crippen LogP contribution in [0.1, 0.15) is 90.0 Å².